The molecule has 1 aromatic carbocycles. The van der Waals surface area contributed by atoms with E-state index < -0.39 is 5.60 Å². The molecular formula is C16H16N2O2. The first-order valence-electron chi connectivity index (χ1n) is 6.25. The third-order valence-corrected chi connectivity index (χ3v) is 3.03. The average molecular weight is 268 g/mol. The largest absolute Gasteiger partial charge is 0.493 e. The first-order chi connectivity index (χ1) is 9.58. The molecule has 2 aromatic rings. The van der Waals surface area contributed by atoms with Crippen molar-refractivity contribution in [3.05, 3.63) is 53.9 Å². The number of benzene rings is 1. The van der Waals surface area contributed by atoms with Crippen LogP contribution in [0.5, 0.6) is 11.5 Å². The minimum atomic E-state index is -0.617. The van der Waals surface area contributed by atoms with Crippen LogP contribution in [0.1, 0.15) is 25.0 Å². The van der Waals surface area contributed by atoms with Crippen molar-refractivity contribution in [2.45, 2.75) is 19.4 Å². The van der Waals surface area contributed by atoms with Gasteiger partial charge in [0.25, 0.3) is 0 Å². The van der Waals surface area contributed by atoms with Gasteiger partial charge in [0.05, 0.1) is 12.7 Å². The van der Waals surface area contributed by atoms with Gasteiger partial charge in [-0.25, -0.2) is 0 Å². The Balaban J connectivity index is 2.42. The molecule has 20 heavy (non-hydrogen) atoms. The Bertz CT molecular complexity index is 631. The minimum absolute atomic E-state index is 0.446. The molecule has 0 unspecified atom stereocenters. The number of hydrogen-bond donors (Lipinski definition) is 0. The molecule has 1 heterocycles. The molecule has 0 aliphatic rings. The van der Waals surface area contributed by atoms with Gasteiger partial charge in [-0.2, -0.15) is 5.26 Å². The molecule has 0 atom stereocenters. The first kappa shape index (κ1) is 13.9. The Labute approximate surface area is 118 Å². The summed E-state index contributed by atoms with van der Waals surface area (Å²) < 4.78 is 11.3. The van der Waals surface area contributed by atoms with Crippen LogP contribution in [-0.4, -0.2) is 12.1 Å². The molecule has 1 aromatic heterocycles. The number of pyridine rings is 1. The van der Waals surface area contributed by atoms with Crippen LogP contribution < -0.4 is 9.47 Å². The zero-order valence-electron chi connectivity index (χ0n) is 11.8. The molecule has 0 N–H and O–H groups in total. The third kappa shape index (κ3) is 2.72. The van der Waals surface area contributed by atoms with Crippen LogP contribution in [-0.2, 0) is 5.60 Å². The van der Waals surface area contributed by atoms with Crippen molar-refractivity contribution in [2.75, 3.05) is 7.11 Å². The minimum Gasteiger partial charge on any atom is -0.493 e. The van der Waals surface area contributed by atoms with Crippen LogP contribution in [0.3, 0.4) is 0 Å². The predicted octanol–water partition coefficient (Wildman–Crippen LogP) is 3.28. The van der Waals surface area contributed by atoms with E-state index in [2.05, 4.69) is 11.1 Å². The van der Waals surface area contributed by atoms with Crippen LogP contribution in [0.2, 0.25) is 0 Å². The number of hydrogen-bond acceptors (Lipinski definition) is 4. The monoisotopic (exact) mass is 268 g/mol. The lowest BCUT2D eigenvalue weighted by molar-refractivity contribution is 0.103. The summed E-state index contributed by atoms with van der Waals surface area (Å²) in [5.74, 6) is 0.993. The Morgan fingerprint density at radius 2 is 2.00 bits per heavy atom. The first-order valence-corrected chi connectivity index (χ1v) is 6.25. The lowest BCUT2D eigenvalue weighted by Crippen LogP contribution is -2.26. The van der Waals surface area contributed by atoms with Gasteiger partial charge in [-0.1, -0.05) is 12.1 Å². The highest BCUT2D eigenvalue weighted by Crippen LogP contribution is 2.36. The molecule has 2 rings (SSSR count). The lowest BCUT2D eigenvalue weighted by atomic mass is 10.00. The highest BCUT2D eigenvalue weighted by molar-refractivity contribution is 5.52. The molecule has 0 aliphatic carbocycles. The van der Waals surface area contributed by atoms with Gasteiger partial charge in [-0.05, 0) is 32.0 Å². The van der Waals surface area contributed by atoms with Gasteiger partial charge in [0, 0.05) is 18.0 Å². The van der Waals surface area contributed by atoms with E-state index in [-0.39, 0.29) is 0 Å². The molecule has 4 heteroatoms. The second kappa shape index (κ2) is 5.62. The second-order valence-electron chi connectivity index (χ2n) is 4.80. The van der Waals surface area contributed by atoms with Crippen molar-refractivity contribution < 1.29 is 9.47 Å². The third-order valence-electron chi connectivity index (χ3n) is 3.03. The summed E-state index contributed by atoms with van der Waals surface area (Å²) in [6.07, 6.45) is 3.46. The van der Waals surface area contributed by atoms with E-state index in [9.17, 15) is 5.26 Å². The number of nitriles is 1. The molecule has 102 valence electrons. The highest BCUT2D eigenvalue weighted by Gasteiger charge is 2.26. The fraction of sp³-hybridized carbons (Fsp3) is 0.250. The van der Waals surface area contributed by atoms with Crippen LogP contribution in [0.25, 0.3) is 0 Å². The number of ether oxygens (including phenoxy) is 2. The number of nitrogens with zero attached hydrogens (tertiary/aromatic N) is 2. The van der Waals surface area contributed by atoms with Crippen molar-refractivity contribution in [1.82, 2.24) is 4.98 Å². The summed E-state index contributed by atoms with van der Waals surface area (Å²) in [7, 11) is 1.56. The van der Waals surface area contributed by atoms with Crippen molar-refractivity contribution >= 4 is 0 Å². The number of methoxy groups -OCH3 is 1. The van der Waals surface area contributed by atoms with Gasteiger partial charge in [0.2, 0.25) is 0 Å². The quantitative estimate of drug-likeness (QED) is 0.854. The summed E-state index contributed by atoms with van der Waals surface area (Å²) in [4.78, 5) is 4.10. The Kier molecular flexibility index (Phi) is 3.90. The lowest BCUT2D eigenvalue weighted by Gasteiger charge is -2.28. The smallest absolute Gasteiger partial charge is 0.180 e. The Hall–Kier alpha value is -2.54. The summed E-state index contributed by atoms with van der Waals surface area (Å²) in [5.41, 5.74) is 0.755. The van der Waals surface area contributed by atoms with Crippen LogP contribution >= 0.6 is 0 Å². The van der Waals surface area contributed by atoms with E-state index in [4.69, 9.17) is 9.47 Å². The fourth-order valence-corrected chi connectivity index (χ4v) is 1.90. The predicted molar refractivity (Wildman–Crippen MR) is 75.6 cm³/mol. The van der Waals surface area contributed by atoms with Crippen molar-refractivity contribution in [2.24, 2.45) is 0 Å². The standard InChI is InChI=1S/C16H16N2O2/c1-16(2,13-7-5-9-18-11-13)20-15-12(10-17)6-4-8-14(15)19-3/h4-9,11H,1-3H3. The molecule has 0 bridgehead atoms. The topological polar surface area (TPSA) is 55.1 Å². The van der Waals surface area contributed by atoms with Crippen LogP contribution in [0.15, 0.2) is 42.7 Å². The molecule has 0 fully saturated rings. The van der Waals surface area contributed by atoms with Crippen molar-refractivity contribution in [1.29, 1.82) is 5.26 Å². The van der Waals surface area contributed by atoms with Crippen LogP contribution in [0.4, 0.5) is 0 Å². The highest BCUT2D eigenvalue weighted by atomic mass is 16.5. The van der Waals surface area contributed by atoms with Gasteiger partial charge in [0.15, 0.2) is 11.5 Å². The van der Waals surface area contributed by atoms with Gasteiger partial charge in [-0.15, -0.1) is 0 Å². The van der Waals surface area contributed by atoms with Crippen molar-refractivity contribution in [3.63, 3.8) is 0 Å². The summed E-state index contributed by atoms with van der Waals surface area (Å²) in [5, 5.41) is 9.21. The van der Waals surface area contributed by atoms with Gasteiger partial charge >= 0.3 is 0 Å². The number of rotatable bonds is 4. The van der Waals surface area contributed by atoms with Gasteiger partial charge in [-0.3, -0.25) is 4.98 Å². The summed E-state index contributed by atoms with van der Waals surface area (Å²) >= 11 is 0. The van der Waals surface area contributed by atoms with E-state index in [1.807, 2.05) is 26.0 Å². The molecule has 0 aliphatic heterocycles. The van der Waals surface area contributed by atoms with Crippen molar-refractivity contribution in [3.8, 4) is 17.6 Å². The van der Waals surface area contributed by atoms with Crippen LogP contribution in [0, 0.1) is 11.3 Å². The van der Waals surface area contributed by atoms with E-state index in [0.717, 1.165) is 5.56 Å². The Morgan fingerprint density at radius 1 is 1.20 bits per heavy atom. The number of para-hydroxylation sites is 1. The maximum Gasteiger partial charge on any atom is 0.180 e. The molecule has 0 spiro atoms. The molecule has 4 nitrogen and oxygen atoms in total. The van der Waals surface area contributed by atoms with E-state index in [1.54, 1.807) is 37.7 Å². The van der Waals surface area contributed by atoms with E-state index in [0.29, 0.717) is 17.1 Å². The number of aromatic nitrogens is 1. The maximum absolute atomic E-state index is 9.21. The second-order valence-corrected chi connectivity index (χ2v) is 4.80. The van der Waals surface area contributed by atoms with Gasteiger partial charge < -0.3 is 9.47 Å². The Morgan fingerprint density at radius 3 is 2.60 bits per heavy atom. The zero-order chi connectivity index (χ0) is 14.6. The normalized spacial score (nSPS) is 10.7. The molecule has 0 saturated carbocycles. The van der Waals surface area contributed by atoms with E-state index in [1.165, 1.54) is 0 Å². The van der Waals surface area contributed by atoms with Gasteiger partial charge in [0.1, 0.15) is 11.7 Å². The van der Waals surface area contributed by atoms with E-state index >= 15 is 0 Å². The molecule has 0 amide bonds. The summed E-state index contributed by atoms with van der Waals surface area (Å²) in [6.45, 7) is 3.86. The average Bonchev–Trinajstić information content (AvgIpc) is 2.48. The maximum atomic E-state index is 9.21. The molecule has 0 saturated heterocycles. The SMILES string of the molecule is COc1cccc(C#N)c1OC(C)(C)c1cccnc1. The zero-order valence-corrected chi connectivity index (χ0v) is 11.8. The molecule has 0 radical (unpaired) electrons. The molecular weight excluding hydrogens is 252 g/mol. The fourth-order valence-electron chi connectivity index (χ4n) is 1.90. The summed E-state index contributed by atoms with van der Waals surface area (Å²) in [6, 6.07) is 11.2.